The second-order valence-corrected chi connectivity index (χ2v) is 7.64. The molecule has 0 spiro atoms. The molecule has 1 aliphatic carbocycles. The number of rotatable bonds is 6. The molecule has 2 saturated heterocycles. The highest BCUT2D eigenvalue weighted by molar-refractivity contribution is 5.84. The molecule has 2 heterocycles. The molecule has 0 aromatic rings. The topological polar surface area (TPSA) is 73.9 Å². The zero-order valence-electron chi connectivity index (χ0n) is 15.4. The van der Waals surface area contributed by atoms with Gasteiger partial charge in [0.25, 0.3) is 0 Å². The van der Waals surface area contributed by atoms with Crippen molar-refractivity contribution in [1.82, 2.24) is 20.4 Å². The first-order valence-corrected chi connectivity index (χ1v) is 9.64. The normalized spacial score (nSPS) is 30.1. The Balaban J connectivity index is 1.47. The number of nitrogens with one attached hydrogen (secondary N) is 2. The summed E-state index contributed by atoms with van der Waals surface area (Å²) in [5.41, 5.74) is -0.155. The molecule has 0 aromatic carbocycles. The fraction of sp³-hybridized carbons (Fsp3) is 0.889. The Hall–Kier alpha value is -1.18. The number of nitrogens with zero attached hydrogens (tertiary/aromatic N) is 2. The number of hydrogen-bond acceptors (Lipinski definition) is 5. The van der Waals surface area contributed by atoms with Crippen LogP contribution in [0.1, 0.15) is 25.7 Å². The van der Waals surface area contributed by atoms with Gasteiger partial charge in [-0.25, -0.2) is 0 Å². The molecule has 142 valence electrons. The largest absolute Gasteiger partial charge is 0.383 e. The molecule has 0 radical (unpaired) electrons. The van der Waals surface area contributed by atoms with Crippen molar-refractivity contribution in [2.24, 2.45) is 11.3 Å². The summed E-state index contributed by atoms with van der Waals surface area (Å²) in [4.78, 5) is 29.3. The molecule has 0 bridgehead atoms. The van der Waals surface area contributed by atoms with Crippen LogP contribution in [0.4, 0.5) is 0 Å². The van der Waals surface area contributed by atoms with Gasteiger partial charge in [-0.15, -0.1) is 0 Å². The predicted octanol–water partition coefficient (Wildman–Crippen LogP) is -0.327. The first kappa shape index (κ1) is 18.6. The molecule has 3 aliphatic rings. The van der Waals surface area contributed by atoms with E-state index in [0.717, 1.165) is 45.7 Å². The zero-order valence-corrected chi connectivity index (χ0v) is 15.4. The summed E-state index contributed by atoms with van der Waals surface area (Å²) < 4.78 is 4.94. The van der Waals surface area contributed by atoms with Crippen molar-refractivity contribution in [1.29, 1.82) is 0 Å². The van der Waals surface area contributed by atoms with Crippen LogP contribution in [-0.4, -0.2) is 87.7 Å². The third kappa shape index (κ3) is 4.15. The molecule has 3 rings (SSSR count). The third-order valence-corrected chi connectivity index (χ3v) is 6.12. The maximum Gasteiger partial charge on any atom is 0.234 e. The molecule has 2 amide bonds. The highest BCUT2D eigenvalue weighted by Gasteiger charge is 2.51. The smallest absolute Gasteiger partial charge is 0.234 e. The van der Waals surface area contributed by atoms with E-state index in [2.05, 4.69) is 15.5 Å². The Labute approximate surface area is 150 Å². The summed E-state index contributed by atoms with van der Waals surface area (Å²) in [7, 11) is 1.62. The fourth-order valence-corrected chi connectivity index (χ4v) is 4.64. The number of fused-ring (bicyclic) bond motifs is 1. The van der Waals surface area contributed by atoms with Crippen LogP contribution >= 0.6 is 0 Å². The van der Waals surface area contributed by atoms with Gasteiger partial charge in [0.15, 0.2) is 0 Å². The zero-order chi connectivity index (χ0) is 17.7. The molecule has 7 nitrogen and oxygen atoms in total. The van der Waals surface area contributed by atoms with E-state index >= 15 is 0 Å². The summed E-state index contributed by atoms with van der Waals surface area (Å²) in [5.74, 6) is 0.896. The van der Waals surface area contributed by atoms with Crippen molar-refractivity contribution < 1.29 is 14.3 Å². The van der Waals surface area contributed by atoms with Crippen molar-refractivity contribution in [3.63, 3.8) is 0 Å². The standard InChI is InChI=1S/C18H32N4O3/c1-25-11-6-20-16(23)13-21-7-9-22(10-8-21)17(24)18-5-3-2-4-15(18)12-19-14-18/h15,19H,2-14H2,1H3,(H,20,23)/t15-,18+/m0/s1. The van der Waals surface area contributed by atoms with Gasteiger partial charge in [0.1, 0.15) is 0 Å². The molecule has 0 unspecified atom stereocenters. The molecule has 2 atom stereocenters. The second-order valence-electron chi connectivity index (χ2n) is 7.64. The number of amides is 2. The van der Waals surface area contributed by atoms with Gasteiger partial charge in [0.2, 0.25) is 11.8 Å². The number of hydrogen-bond donors (Lipinski definition) is 2. The SMILES string of the molecule is COCCNC(=O)CN1CCN(C(=O)[C@@]23CCCC[C@H]2CNC3)CC1. The average Bonchev–Trinajstić information content (AvgIpc) is 3.07. The maximum absolute atomic E-state index is 13.2. The summed E-state index contributed by atoms with van der Waals surface area (Å²) in [6, 6.07) is 0. The predicted molar refractivity (Wildman–Crippen MR) is 95.2 cm³/mol. The number of methoxy groups -OCH3 is 1. The lowest BCUT2D eigenvalue weighted by Crippen LogP contribution is -2.56. The van der Waals surface area contributed by atoms with Gasteiger partial charge in [-0.2, -0.15) is 0 Å². The van der Waals surface area contributed by atoms with Crippen LogP contribution < -0.4 is 10.6 Å². The van der Waals surface area contributed by atoms with Crippen molar-refractivity contribution in [2.45, 2.75) is 25.7 Å². The van der Waals surface area contributed by atoms with E-state index in [-0.39, 0.29) is 11.3 Å². The average molecular weight is 352 g/mol. The number of carbonyl (C=O) groups is 2. The Morgan fingerprint density at radius 1 is 1.24 bits per heavy atom. The van der Waals surface area contributed by atoms with Gasteiger partial charge in [-0.3, -0.25) is 14.5 Å². The maximum atomic E-state index is 13.2. The van der Waals surface area contributed by atoms with E-state index in [1.54, 1.807) is 7.11 Å². The lowest BCUT2D eigenvalue weighted by atomic mass is 9.67. The van der Waals surface area contributed by atoms with E-state index < -0.39 is 0 Å². The van der Waals surface area contributed by atoms with Gasteiger partial charge in [-0.1, -0.05) is 12.8 Å². The van der Waals surface area contributed by atoms with Gasteiger partial charge in [0, 0.05) is 46.4 Å². The first-order valence-electron chi connectivity index (χ1n) is 9.64. The van der Waals surface area contributed by atoms with Crippen LogP contribution in [-0.2, 0) is 14.3 Å². The number of ether oxygens (including phenoxy) is 1. The Morgan fingerprint density at radius 2 is 2.04 bits per heavy atom. The van der Waals surface area contributed by atoms with Gasteiger partial charge in [-0.05, 0) is 25.3 Å². The molecule has 7 heteroatoms. The number of carbonyl (C=O) groups excluding carboxylic acids is 2. The summed E-state index contributed by atoms with van der Waals surface area (Å²) >= 11 is 0. The minimum absolute atomic E-state index is 0.0303. The van der Waals surface area contributed by atoms with E-state index in [4.69, 9.17) is 4.74 Å². The lowest BCUT2D eigenvalue weighted by Gasteiger charge is -2.43. The van der Waals surface area contributed by atoms with Crippen LogP contribution in [0.3, 0.4) is 0 Å². The minimum atomic E-state index is -0.155. The minimum Gasteiger partial charge on any atom is -0.383 e. The summed E-state index contributed by atoms with van der Waals surface area (Å²) in [6.07, 6.45) is 4.64. The fourth-order valence-electron chi connectivity index (χ4n) is 4.64. The van der Waals surface area contributed by atoms with Crippen molar-refractivity contribution in [3.05, 3.63) is 0 Å². The van der Waals surface area contributed by atoms with Gasteiger partial charge < -0.3 is 20.3 Å². The molecule has 3 fully saturated rings. The highest BCUT2D eigenvalue weighted by atomic mass is 16.5. The Bertz CT molecular complexity index is 479. The highest BCUT2D eigenvalue weighted by Crippen LogP contribution is 2.45. The summed E-state index contributed by atoms with van der Waals surface area (Å²) in [6.45, 7) is 6.34. The van der Waals surface area contributed by atoms with Crippen LogP contribution in [0.2, 0.25) is 0 Å². The van der Waals surface area contributed by atoms with Crippen LogP contribution in [0.25, 0.3) is 0 Å². The molecule has 0 aromatic heterocycles. The van der Waals surface area contributed by atoms with Gasteiger partial charge in [0.05, 0.1) is 18.6 Å². The molecule has 1 saturated carbocycles. The van der Waals surface area contributed by atoms with Crippen LogP contribution in [0.15, 0.2) is 0 Å². The van der Waals surface area contributed by atoms with E-state index in [0.29, 0.717) is 31.5 Å². The third-order valence-electron chi connectivity index (χ3n) is 6.12. The van der Waals surface area contributed by atoms with Crippen molar-refractivity contribution in [3.8, 4) is 0 Å². The lowest BCUT2D eigenvalue weighted by molar-refractivity contribution is -0.147. The van der Waals surface area contributed by atoms with Crippen molar-refractivity contribution in [2.75, 3.05) is 66.1 Å². The van der Waals surface area contributed by atoms with Gasteiger partial charge >= 0.3 is 0 Å². The molecular weight excluding hydrogens is 320 g/mol. The summed E-state index contributed by atoms with van der Waals surface area (Å²) in [5, 5.41) is 6.31. The Kier molecular flexibility index (Phi) is 6.30. The van der Waals surface area contributed by atoms with Crippen molar-refractivity contribution >= 4 is 11.8 Å². The first-order chi connectivity index (χ1) is 12.2. The monoisotopic (exact) mass is 352 g/mol. The molecule has 2 N–H and O–H groups in total. The second kappa shape index (κ2) is 8.47. The van der Waals surface area contributed by atoms with E-state index in [9.17, 15) is 9.59 Å². The molecule has 25 heavy (non-hydrogen) atoms. The number of piperazine rings is 1. The van der Waals surface area contributed by atoms with E-state index in [1.807, 2.05) is 4.90 Å². The van der Waals surface area contributed by atoms with E-state index in [1.165, 1.54) is 19.3 Å². The van der Waals surface area contributed by atoms with Crippen LogP contribution in [0, 0.1) is 11.3 Å². The quantitative estimate of drug-likeness (QED) is 0.641. The molecular formula is C18H32N4O3. The Morgan fingerprint density at radius 3 is 2.80 bits per heavy atom. The van der Waals surface area contributed by atoms with Crippen LogP contribution in [0.5, 0.6) is 0 Å². The molecule has 2 aliphatic heterocycles.